The van der Waals surface area contributed by atoms with Gasteiger partial charge in [-0.05, 0) is 27.2 Å². The first-order valence-corrected chi connectivity index (χ1v) is 11.4. The van der Waals surface area contributed by atoms with Crippen LogP contribution in [0.3, 0.4) is 0 Å². The second-order valence-electron chi connectivity index (χ2n) is 5.30. The SMILES string of the molecule is CCCCCCC(=O)SCC(C)[Si](OCC)(OCC)OCC. The van der Waals surface area contributed by atoms with E-state index in [1.54, 1.807) is 0 Å². The van der Waals surface area contributed by atoms with Gasteiger partial charge in [0.25, 0.3) is 0 Å². The highest BCUT2D eigenvalue weighted by Gasteiger charge is 2.46. The number of hydrogen-bond donors (Lipinski definition) is 0. The number of unbranched alkanes of at least 4 members (excludes halogenated alkanes) is 3. The molecule has 0 bridgehead atoms. The van der Waals surface area contributed by atoms with Crippen molar-refractivity contribution in [1.82, 2.24) is 0 Å². The molecular formula is C16H34O4SSi. The van der Waals surface area contributed by atoms with Gasteiger partial charge in [0.2, 0.25) is 0 Å². The summed E-state index contributed by atoms with van der Waals surface area (Å²) in [6.45, 7) is 11.8. The Kier molecular flexibility index (Phi) is 13.6. The van der Waals surface area contributed by atoms with E-state index < -0.39 is 8.80 Å². The van der Waals surface area contributed by atoms with E-state index in [1.807, 2.05) is 20.8 Å². The van der Waals surface area contributed by atoms with Crippen molar-refractivity contribution in [3.8, 4) is 0 Å². The van der Waals surface area contributed by atoms with Crippen molar-refractivity contribution in [2.24, 2.45) is 0 Å². The van der Waals surface area contributed by atoms with Crippen molar-refractivity contribution < 1.29 is 18.1 Å². The maximum Gasteiger partial charge on any atom is 0.504 e. The second kappa shape index (κ2) is 13.5. The molecule has 0 heterocycles. The number of hydrogen-bond acceptors (Lipinski definition) is 5. The predicted molar refractivity (Wildman–Crippen MR) is 96.3 cm³/mol. The van der Waals surface area contributed by atoms with Crippen LogP contribution in [0.5, 0.6) is 0 Å². The standard InChI is InChI=1S/C16H34O4SSi/c1-6-10-11-12-13-16(17)21-14-15(5)22(18-7-2,19-8-3)20-9-4/h15H,6-14H2,1-5H3. The summed E-state index contributed by atoms with van der Waals surface area (Å²) in [7, 11) is -2.68. The zero-order valence-corrected chi connectivity index (χ0v) is 16.8. The third kappa shape index (κ3) is 8.67. The van der Waals surface area contributed by atoms with E-state index in [1.165, 1.54) is 24.6 Å². The van der Waals surface area contributed by atoms with E-state index in [4.69, 9.17) is 13.3 Å². The molecule has 22 heavy (non-hydrogen) atoms. The molecule has 0 radical (unpaired) electrons. The minimum absolute atomic E-state index is 0.122. The molecule has 0 N–H and O–H groups in total. The summed E-state index contributed by atoms with van der Waals surface area (Å²) in [6.07, 6.45) is 5.23. The Balaban J connectivity index is 4.36. The molecule has 0 aliphatic carbocycles. The van der Waals surface area contributed by atoms with Crippen molar-refractivity contribution in [3.05, 3.63) is 0 Å². The third-order valence-electron chi connectivity index (χ3n) is 3.37. The van der Waals surface area contributed by atoms with E-state index in [0.29, 0.717) is 32.0 Å². The average Bonchev–Trinajstić information content (AvgIpc) is 2.49. The second-order valence-corrected chi connectivity index (χ2v) is 9.43. The molecule has 0 saturated heterocycles. The molecule has 0 saturated carbocycles. The van der Waals surface area contributed by atoms with Crippen LogP contribution in [-0.2, 0) is 18.1 Å². The largest absolute Gasteiger partial charge is 0.504 e. The van der Waals surface area contributed by atoms with Crippen LogP contribution in [0, 0.1) is 0 Å². The number of carbonyl (C=O) groups excluding carboxylic acids is 1. The van der Waals surface area contributed by atoms with Crippen LogP contribution in [0.1, 0.15) is 66.7 Å². The van der Waals surface area contributed by atoms with Crippen LogP contribution in [0.4, 0.5) is 0 Å². The minimum atomic E-state index is -2.68. The Morgan fingerprint density at radius 2 is 1.50 bits per heavy atom. The Labute approximate surface area is 142 Å². The highest BCUT2D eigenvalue weighted by Crippen LogP contribution is 2.30. The van der Waals surface area contributed by atoms with Gasteiger partial charge < -0.3 is 13.3 Å². The summed E-state index contributed by atoms with van der Waals surface area (Å²) in [6, 6.07) is 0. The highest BCUT2D eigenvalue weighted by atomic mass is 32.2. The van der Waals surface area contributed by atoms with Gasteiger partial charge in [0.1, 0.15) is 0 Å². The molecule has 0 spiro atoms. The lowest BCUT2D eigenvalue weighted by atomic mass is 10.2. The smallest absolute Gasteiger partial charge is 0.374 e. The van der Waals surface area contributed by atoms with Gasteiger partial charge in [-0.3, -0.25) is 4.79 Å². The first-order chi connectivity index (χ1) is 10.6. The maximum atomic E-state index is 12.0. The summed E-state index contributed by atoms with van der Waals surface area (Å²) in [4.78, 5) is 12.0. The quantitative estimate of drug-likeness (QED) is 0.337. The molecule has 0 aromatic carbocycles. The molecule has 0 rings (SSSR count). The van der Waals surface area contributed by atoms with Crippen LogP contribution in [0.15, 0.2) is 0 Å². The molecule has 1 unspecified atom stereocenters. The fraction of sp³-hybridized carbons (Fsp3) is 0.938. The van der Waals surface area contributed by atoms with E-state index in [2.05, 4.69) is 13.8 Å². The molecule has 132 valence electrons. The van der Waals surface area contributed by atoms with Gasteiger partial charge in [-0.2, -0.15) is 0 Å². The summed E-state index contributed by atoms with van der Waals surface area (Å²) in [5, 5.41) is 0.273. The van der Waals surface area contributed by atoms with E-state index in [9.17, 15) is 4.79 Å². The minimum Gasteiger partial charge on any atom is -0.374 e. The van der Waals surface area contributed by atoms with Crippen molar-refractivity contribution in [2.45, 2.75) is 72.3 Å². The number of thioether (sulfide) groups is 1. The van der Waals surface area contributed by atoms with Crippen molar-refractivity contribution in [2.75, 3.05) is 25.6 Å². The van der Waals surface area contributed by atoms with Crippen LogP contribution < -0.4 is 0 Å². The normalized spacial score (nSPS) is 13.3. The molecule has 0 amide bonds. The monoisotopic (exact) mass is 350 g/mol. The summed E-state index contributed by atoms with van der Waals surface area (Å²) >= 11 is 1.40. The van der Waals surface area contributed by atoms with Crippen LogP contribution >= 0.6 is 11.8 Å². The van der Waals surface area contributed by atoms with Crippen molar-refractivity contribution in [1.29, 1.82) is 0 Å². The molecule has 0 fully saturated rings. The highest BCUT2D eigenvalue weighted by molar-refractivity contribution is 8.13. The lowest BCUT2D eigenvalue weighted by molar-refractivity contribution is -0.111. The lowest BCUT2D eigenvalue weighted by Gasteiger charge is -2.33. The molecular weight excluding hydrogens is 316 g/mol. The molecule has 6 heteroatoms. The third-order valence-corrected chi connectivity index (χ3v) is 8.34. The number of rotatable bonds is 14. The van der Waals surface area contributed by atoms with Gasteiger partial charge in [0, 0.05) is 37.5 Å². The molecule has 0 aromatic heterocycles. The van der Waals surface area contributed by atoms with Gasteiger partial charge in [-0.15, -0.1) is 0 Å². The van der Waals surface area contributed by atoms with Gasteiger partial charge in [0.15, 0.2) is 5.12 Å². The maximum absolute atomic E-state index is 12.0. The van der Waals surface area contributed by atoms with Crippen LogP contribution in [0.2, 0.25) is 5.54 Å². The Morgan fingerprint density at radius 3 is 1.95 bits per heavy atom. The lowest BCUT2D eigenvalue weighted by Crippen LogP contribution is -2.50. The first kappa shape index (κ1) is 22.1. The Morgan fingerprint density at radius 1 is 0.955 bits per heavy atom. The van der Waals surface area contributed by atoms with Crippen molar-refractivity contribution in [3.63, 3.8) is 0 Å². The molecule has 0 aliphatic rings. The van der Waals surface area contributed by atoms with Crippen molar-refractivity contribution >= 4 is 25.7 Å². The van der Waals surface area contributed by atoms with Gasteiger partial charge >= 0.3 is 8.80 Å². The van der Waals surface area contributed by atoms with E-state index >= 15 is 0 Å². The zero-order chi connectivity index (χ0) is 16.8. The first-order valence-electron chi connectivity index (χ1n) is 8.63. The van der Waals surface area contributed by atoms with Gasteiger partial charge in [0.05, 0.1) is 0 Å². The summed E-state index contributed by atoms with van der Waals surface area (Å²) in [5.74, 6) is 0.707. The zero-order valence-electron chi connectivity index (χ0n) is 15.0. The summed E-state index contributed by atoms with van der Waals surface area (Å²) < 4.78 is 17.7. The Bertz CT molecular complexity index is 272. The predicted octanol–water partition coefficient (Wildman–Crippen LogP) is 4.66. The molecule has 4 nitrogen and oxygen atoms in total. The van der Waals surface area contributed by atoms with Gasteiger partial charge in [-0.1, -0.05) is 44.9 Å². The number of carbonyl (C=O) groups is 1. The molecule has 0 aromatic rings. The van der Waals surface area contributed by atoms with Gasteiger partial charge in [-0.25, -0.2) is 0 Å². The Hall–Kier alpha value is 0.117. The van der Waals surface area contributed by atoms with E-state index in [0.717, 1.165) is 12.8 Å². The molecule has 0 aliphatic heterocycles. The van der Waals surface area contributed by atoms with E-state index in [-0.39, 0.29) is 10.7 Å². The van der Waals surface area contributed by atoms with Crippen LogP contribution in [0.25, 0.3) is 0 Å². The fourth-order valence-corrected chi connectivity index (χ4v) is 6.35. The fourth-order valence-electron chi connectivity index (χ4n) is 2.24. The molecule has 1 atom stereocenters. The van der Waals surface area contributed by atoms with Crippen LogP contribution in [-0.4, -0.2) is 39.5 Å². The topological polar surface area (TPSA) is 44.8 Å². The summed E-state index contributed by atoms with van der Waals surface area (Å²) in [5.41, 5.74) is 0.122. The average molecular weight is 351 g/mol.